The molecule has 2 aliphatic rings. The molecule has 0 aromatic heterocycles. The molecule has 0 aromatic carbocycles. The van der Waals surface area contributed by atoms with Gasteiger partial charge in [0.05, 0.1) is 18.8 Å². The lowest BCUT2D eigenvalue weighted by Gasteiger charge is -2.45. The number of hydrogen-bond donors (Lipinski definition) is 2. The standard InChI is InChI=1S/C13H25NO2/c1-12(2,3)4-5-13(15)6-10-8-16-9-11(7-13)14-10/h10-11,14-15H,4-9H2,1-3H3. The lowest BCUT2D eigenvalue weighted by molar-refractivity contribution is -0.0836. The molecule has 0 saturated carbocycles. The fraction of sp³-hybridized carbons (Fsp3) is 1.00. The number of fused-ring (bicyclic) bond motifs is 2. The zero-order chi connectivity index (χ0) is 11.8. The molecule has 0 aliphatic carbocycles. The molecular formula is C13H25NO2. The average Bonchev–Trinajstić information content (AvgIpc) is 2.13. The van der Waals surface area contributed by atoms with Gasteiger partial charge in [-0.25, -0.2) is 0 Å². The van der Waals surface area contributed by atoms with Crippen LogP contribution in [-0.4, -0.2) is 36.0 Å². The summed E-state index contributed by atoms with van der Waals surface area (Å²) in [4.78, 5) is 0. The van der Waals surface area contributed by atoms with E-state index in [1.54, 1.807) is 0 Å². The van der Waals surface area contributed by atoms with Crippen LogP contribution in [0, 0.1) is 5.41 Å². The number of nitrogens with one attached hydrogen (secondary N) is 1. The van der Waals surface area contributed by atoms with Gasteiger partial charge >= 0.3 is 0 Å². The van der Waals surface area contributed by atoms with E-state index in [1.165, 1.54) is 0 Å². The van der Waals surface area contributed by atoms with Crippen molar-refractivity contribution in [1.82, 2.24) is 5.32 Å². The van der Waals surface area contributed by atoms with Crippen LogP contribution in [0.1, 0.15) is 46.5 Å². The molecule has 0 spiro atoms. The molecule has 2 fully saturated rings. The van der Waals surface area contributed by atoms with Gasteiger partial charge in [-0.2, -0.15) is 0 Å². The third kappa shape index (κ3) is 3.19. The molecular weight excluding hydrogens is 202 g/mol. The van der Waals surface area contributed by atoms with E-state index in [2.05, 4.69) is 26.1 Å². The molecule has 2 aliphatic heterocycles. The number of morpholine rings is 1. The monoisotopic (exact) mass is 227 g/mol. The Kier molecular flexibility index (Phi) is 3.30. The summed E-state index contributed by atoms with van der Waals surface area (Å²) in [5.74, 6) is 0. The van der Waals surface area contributed by atoms with Crippen molar-refractivity contribution < 1.29 is 9.84 Å². The summed E-state index contributed by atoms with van der Waals surface area (Å²) in [5, 5.41) is 14.2. The summed E-state index contributed by atoms with van der Waals surface area (Å²) in [7, 11) is 0. The maximum absolute atomic E-state index is 10.6. The zero-order valence-corrected chi connectivity index (χ0v) is 10.8. The average molecular weight is 227 g/mol. The molecule has 0 aromatic rings. The van der Waals surface area contributed by atoms with Crippen LogP contribution in [-0.2, 0) is 4.74 Å². The zero-order valence-electron chi connectivity index (χ0n) is 10.8. The van der Waals surface area contributed by atoms with Gasteiger partial charge in [0.2, 0.25) is 0 Å². The molecule has 2 bridgehead atoms. The van der Waals surface area contributed by atoms with Gasteiger partial charge in [0, 0.05) is 12.1 Å². The normalized spacial score (nSPS) is 39.8. The second-order valence-corrected chi connectivity index (χ2v) is 6.79. The Labute approximate surface area is 98.6 Å². The molecule has 2 unspecified atom stereocenters. The number of piperidine rings is 1. The molecule has 2 saturated heterocycles. The van der Waals surface area contributed by atoms with Crippen LogP contribution >= 0.6 is 0 Å². The van der Waals surface area contributed by atoms with Crippen molar-refractivity contribution in [3.63, 3.8) is 0 Å². The Bertz CT molecular complexity index is 235. The third-order valence-electron chi connectivity index (χ3n) is 3.70. The number of aliphatic hydroxyl groups is 1. The first-order valence-electron chi connectivity index (χ1n) is 6.43. The predicted molar refractivity (Wildman–Crippen MR) is 64.4 cm³/mol. The van der Waals surface area contributed by atoms with Crippen molar-refractivity contribution in [1.29, 1.82) is 0 Å². The second kappa shape index (κ2) is 4.28. The molecule has 3 nitrogen and oxygen atoms in total. The van der Waals surface area contributed by atoms with Crippen LogP contribution in [0.4, 0.5) is 0 Å². The Balaban J connectivity index is 1.92. The summed E-state index contributed by atoms with van der Waals surface area (Å²) >= 11 is 0. The van der Waals surface area contributed by atoms with Gasteiger partial charge in [-0.1, -0.05) is 20.8 Å². The molecule has 16 heavy (non-hydrogen) atoms. The molecule has 3 heteroatoms. The second-order valence-electron chi connectivity index (χ2n) is 6.79. The number of rotatable bonds is 2. The summed E-state index contributed by atoms with van der Waals surface area (Å²) in [6, 6.07) is 0.718. The van der Waals surface area contributed by atoms with E-state index >= 15 is 0 Å². The highest BCUT2D eigenvalue weighted by Gasteiger charge is 2.41. The van der Waals surface area contributed by atoms with Gasteiger partial charge in [0.25, 0.3) is 0 Å². The first kappa shape index (κ1) is 12.3. The Morgan fingerprint density at radius 3 is 2.31 bits per heavy atom. The van der Waals surface area contributed by atoms with Crippen molar-refractivity contribution in [2.75, 3.05) is 13.2 Å². The van der Waals surface area contributed by atoms with Crippen LogP contribution in [0.5, 0.6) is 0 Å². The van der Waals surface area contributed by atoms with Crippen LogP contribution < -0.4 is 5.32 Å². The molecule has 94 valence electrons. The minimum atomic E-state index is -0.461. The van der Waals surface area contributed by atoms with E-state index in [4.69, 9.17) is 4.74 Å². The van der Waals surface area contributed by atoms with Gasteiger partial charge in [-0.3, -0.25) is 0 Å². The Hall–Kier alpha value is -0.120. The van der Waals surface area contributed by atoms with E-state index < -0.39 is 5.60 Å². The van der Waals surface area contributed by atoms with Crippen LogP contribution in [0.15, 0.2) is 0 Å². The lowest BCUT2D eigenvalue weighted by atomic mass is 9.76. The number of ether oxygens (including phenoxy) is 1. The quantitative estimate of drug-likeness (QED) is 0.754. The van der Waals surface area contributed by atoms with Crippen molar-refractivity contribution in [3.8, 4) is 0 Å². The minimum absolute atomic E-state index is 0.312. The molecule has 2 atom stereocenters. The van der Waals surface area contributed by atoms with Crippen molar-refractivity contribution in [3.05, 3.63) is 0 Å². The van der Waals surface area contributed by atoms with Gasteiger partial charge in [0.15, 0.2) is 0 Å². The predicted octanol–water partition coefficient (Wildman–Crippen LogP) is 1.69. The SMILES string of the molecule is CC(C)(C)CCC1(O)CC2COCC(C1)N2. The highest BCUT2D eigenvalue weighted by atomic mass is 16.5. The maximum atomic E-state index is 10.6. The van der Waals surface area contributed by atoms with Crippen LogP contribution in [0.2, 0.25) is 0 Å². The number of hydrogen-bond acceptors (Lipinski definition) is 3. The molecule has 2 rings (SSSR count). The summed E-state index contributed by atoms with van der Waals surface area (Å²) in [5.41, 5.74) is -0.149. The topological polar surface area (TPSA) is 41.5 Å². The van der Waals surface area contributed by atoms with Gasteiger partial charge in [-0.15, -0.1) is 0 Å². The van der Waals surface area contributed by atoms with Crippen molar-refractivity contribution >= 4 is 0 Å². The molecule has 0 radical (unpaired) electrons. The third-order valence-corrected chi connectivity index (χ3v) is 3.70. The molecule has 2 N–H and O–H groups in total. The van der Waals surface area contributed by atoms with Crippen LogP contribution in [0.25, 0.3) is 0 Å². The first-order chi connectivity index (χ1) is 7.36. The Morgan fingerprint density at radius 2 is 1.81 bits per heavy atom. The minimum Gasteiger partial charge on any atom is -0.390 e. The summed E-state index contributed by atoms with van der Waals surface area (Å²) in [6.45, 7) is 8.23. The summed E-state index contributed by atoms with van der Waals surface area (Å²) in [6.07, 6.45) is 3.70. The molecule has 0 amide bonds. The smallest absolute Gasteiger partial charge is 0.0679 e. The largest absolute Gasteiger partial charge is 0.390 e. The van der Waals surface area contributed by atoms with E-state index in [1.807, 2.05) is 0 Å². The van der Waals surface area contributed by atoms with Crippen molar-refractivity contribution in [2.24, 2.45) is 5.41 Å². The van der Waals surface area contributed by atoms with Crippen molar-refractivity contribution in [2.45, 2.75) is 64.1 Å². The van der Waals surface area contributed by atoms with Crippen LogP contribution in [0.3, 0.4) is 0 Å². The van der Waals surface area contributed by atoms with E-state index in [0.717, 1.165) is 38.9 Å². The van der Waals surface area contributed by atoms with Gasteiger partial charge in [-0.05, 0) is 31.1 Å². The fourth-order valence-electron chi connectivity index (χ4n) is 2.83. The summed E-state index contributed by atoms with van der Waals surface area (Å²) < 4.78 is 5.50. The van der Waals surface area contributed by atoms with Gasteiger partial charge < -0.3 is 15.2 Å². The Morgan fingerprint density at radius 1 is 1.25 bits per heavy atom. The fourth-order valence-corrected chi connectivity index (χ4v) is 2.83. The maximum Gasteiger partial charge on any atom is 0.0679 e. The van der Waals surface area contributed by atoms with E-state index in [9.17, 15) is 5.11 Å². The first-order valence-corrected chi connectivity index (χ1v) is 6.43. The highest BCUT2D eigenvalue weighted by molar-refractivity contribution is 4.97. The van der Waals surface area contributed by atoms with E-state index in [-0.39, 0.29) is 0 Å². The molecule has 2 heterocycles. The van der Waals surface area contributed by atoms with Gasteiger partial charge in [0.1, 0.15) is 0 Å². The van der Waals surface area contributed by atoms with E-state index in [0.29, 0.717) is 17.5 Å². The lowest BCUT2D eigenvalue weighted by Crippen LogP contribution is -2.59. The highest BCUT2D eigenvalue weighted by Crippen LogP contribution is 2.35.